The van der Waals surface area contributed by atoms with E-state index in [1.807, 2.05) is 0 Å². The van der Waals surface area contributed by atoms with Gasteiger partial charge in [0.1, 0.15) is 0 Å². The van der Waals surface area contributed by atoms with Crippen molar-refractivity contribution in [1.29, 1.82) is 0 Å². The second-order valence-electron chi connectivity index (χ2n) is 5.83. The number of aromatic amines is 1. The molecule has 0 fully saturated rings. The van der Waals surface area contributed by atoms with E-state index < -0.39 is 25.2 Å². The maximum absolute atomic E-state index is 13.7. The Hall–Kier alpha value is -1.84. The Balaban J connectivity index is 1.80. The normalized spacial score (nSPS) is 14.6. The first kappa shape index (κ1) is 20.5. The van der Waals surface area contributed by atoms with Crippen molar-refractivity contribution in [3.05, 3.63) is 16.7 Å². The summed E-state index contributed by atoms with van der Waals surface area (Å²) in [7, 11) is -4.93. The van der Waals surface area contributed by atoms with E-state index in [1.54, 1.807) is 4.57 Å². The number of imidazole rings is 1. The second-order valence-corrected chi connectivity index (χ2v) is 7.78. The first-order valence-corrected chi connectivity index (χ1v) is 9.81. The fourth-order valence-corrected chi connectivity index (χ4v) is 3.50. The highest BCUT2D eigenvalue weighted by molar-refractivity contribution is 7.54. The monoisotopic (exact) mass is 393 g/mol. The summed E-state index contributed by atoms with van der Waals surface area (Å²) < 4.78 is 44.7. The summed E-state index contributed by atoms with van der Waals surface area (Å²) in [5.41, 5.74) is 1.91. The van der Waals surface area contributed by atoms with Crippen LogP contribution in [-0.2, 0) is 15.6 Å². The Kier molecular flexibility index (Phi) is 6.48. The Morgan fingerprint density at radius 3 is 2.77 bits per heavy atom. The molecule has 1 unspecified atom stereocenters. The molecule has 2 heterocycles. The number of halogens is 2. The molecule has 0 saturated heterocycles. The van der Waals surface area contributed by atoms with E-state index >= 15 is 0 Å². The highest BCUT2D eigenvalue weighted by Crippen LogP contribution is 2.59. The molecule has 2 aromatic rings. The van der Waals surface area contributed by atoms with Gasteiger partial charge in [0.25, 0.3) is 5.56 Å². The van der Waals surface area contributed by atoms with Crippen LogP contribution in [0.25, 0.3) is 11.2 Å². The van der Waals surface area contributed by atoms with E-state index in [2.05, 4.69) is 19.5 Å². The van der Waals surface area contributed by atoms with Crippen LogP contribution >= 0.6 is 7.60 Å². The van der Waals surface area contributed by atoms with Gasteiger partial charge in [0.05, 0.1) is 12.9 Å². The number of aromatic nitrogens is 4. The number of nitrogens with zero attached hydrogens (tertiary/aromatic N) is 3. The zero-order chi connectivity index (χ0) is 19.4. The summed E-state index contributed by atoms with van der Waals surface area (Å²) in [6, 6.07) is 0. The molecule has 0 aliphatic carbocycles. The van der Waals surface area contributed by atoms with Gasteiger partial charge in [-0.2, -0.15) is 13.8 Å². The number of hydrogen-bond acceptors (Lipinski definition) is 6. The molecule has 2 aromatic heterocycles. The van der Waals surface area contributed by atoms with Crippen LogP contribution in [0.2, 0.25) is 0 Å². The molecule has 0 bridgehead atoms. The molecule has 12 heteroatoms. The predicted molar refractivity (Wildman–Crippen MR) is 92.0 cm³/mol. The van der Waals surface area contributed by atoms with E-state index in [-0.39, 0.29) is 24.5 Å². The molecular formula is C14H22F2N5O4P. The van der Waals surface area contributed by atoms with E-state index in [0.717, 1.165) is 0 Å². The van der Waals surface area contributed by atoms with Gasteiger partial charge in [-0.3, -0.25) is 14.3 Å². The molecule has 0 aromatic carbocycles. The van der Waals surface area contributed by atoms with Gasteiger partial charge in [0.15, 0.2) is 11.2 Å². The minimum atomic E-state index is -4.93. The average molecular weight is 393 g/mol. The standard InChI is InChI=1S/C14H22F2N5O4P/c1-2-25-26(23,24)14(15,16)7-5-3-4-6-8-21-9-18-10-11(21)19-13(17)20-12(10)22/h9H,2-8H2,1H3,(H,23,24)(H3,17,19,20,22). The van der Waals surface area contributed by atoms with Crippen molar-refractivity contribution < 1.29 is 22.8 Å². The van der Waals surface area contributed by atoms with Crippen LogP contribution in [0.3, 0.4) is 0 Å². The number of rotatable bonds is 10. The first-order chi connectivity index (χ1) is 12.2. The summed E-state index contributed by atoms with van der Waals surface area (Å²) in [5, 5.41) is 0. The number of hydrogen-bond donors (Lipinski definition) is 3. The van der Waals surface area contributed by atoms with Crippen molar-refractivity contribution in [3.8, 4) is 0 Å². The average Bonchev–Trinajstić information content (AvgIpc) is 2.93. The van der Waals surface area contributed by atoms with E-state index in [4.69, 9.17) is 5.73 Å². The smallest absolute Gasteiger partial charge is 0.369 e. The number of H-pyrrole nitrogens is 1. The Morgan fingerprint density at radius 2 is 2.08 bits per heavy atom. The van der Waals surface area contributed by atoms with Crippen molar-refractivity contribution in [2.45, 2.75) is 51.2 Å². The van der Waals surface area contributed by atoms with Gasteiger partial charge in [-0.25, -0.2) is 4.98 Å². The van der Waals surface area contributed by atoms with Crippen LogP contribution in [-0.4, -0.2) is 36.7 Å². The Bertz CT molecular complexity index is 853. The number of nitrogens with one attached hydrogen (secondary N) is 1. The van der Waals surface area contributed by atoms with Crippen LogP contribution in [0.1, 0.15) is 39.0 Å². The quantitative estimate of drug-likeness (QED) is 0.417. The first-order valence-electron chi connectivity index (χ1n) is 8.24. The molecule has 0 aliphatic heterocycles. The number of fused-ring (bicyclic) bond motifs is 1. The van der Waals surface area contributed by atoms with E-state index in [1.165, 1.54) is 13.3 Å². The van der Waals surface area contributed by atoms with Crippen molar-refractivity contribution in [2.24, 2.45) is 0 Å². The maximum Gasteiger partial charge on any atom is 0.397 e. The van der Waals surface area contributed by atoms with Gasteiger partial charge in [-0.1, -0.05) is 12.8 Å². The minimum Gasteiger partial charge on any atom is -0.369 e. The molecule has 0 saturated carbocycles. The summed E-state index contributed by atoms with van der Waals surface area (Å²) in [5.74, 6) is -0.00536. The third-order valence-electron chi connectivity index (χ3n) is 3.84. The number of nitrogens with two attached hydrogens (primary N) is 1. The van der Waals surface area contributed by atoms with Crippen molar-refractivity contribution >= 4 is 24.7 Å². The molecule has 2 rings (SSSR count). The largest absolute Gasteiger partial charge is 0.397 e. The summed E-state index contributed by atoms with van der Waals surface area (Å²) >= 11 is 0. The van der Waals surface area contributed by atoms with Crippen molar-refractivity contribution in [1.82, 2.24) is 19.5 Å². The molecule has 0 radical (unpaired) electrons. The number of alkyl halides is 2. The zero-order valence-electron chi connectivity index (χ0n) is 14.3. The molecule has 4 N–H and O–H groups in total. The lowest BCUT2D eigenvalue weighted by Gasteiger charge is -2.21. The van der Waals surface area contributed by atoms with Crippen molar-refractivity contribution in [3.63, 3.8) is 0 Å². The van der Waals surface area contributed by atoms with Crippen LogP contribution < -0.4 is 11.3 Å². The number of anilines is 1. The molecule has 146 valence electrons. The maximum atomic E-state index is 13.7. The molecule has 0 aliphatic rings. The number of aryl methyl sites for hydroxylation is 1. The molecule has 9 nitrogen and oxygen atoms in total. The predicted octanol–water partition coefficient (Wildman–Crippen LogP) is 2.47. The van der Waals surface area contributed by atoms with Crippen LogP contribution in [0, 0.1) is 0 Å². The molecule has 0 spiro atoms. The van der Waals surface area contributed by atoms with Gasteiger partial charge >= 0.3 is 13.3 Å². The number of nitrogen functional groups attached to an aromatic ring is 1. The van der Waals surface area contributed by atoms with Gasteiger partial charge in [-0.15, -0.1) is 0 Å². The highest BCUT2D eigenvalue weighted by Gasteiger charge is 2.49. The number of unbranched alkanes of at least 4 members (excludes halogenated alkanes) is 3. The van der Waals surface area contributed by atoms with Crippen molar-refractivity contribution in [2.75, 3.05) is 12.3 Å². The van der Waals surface area contributed by atoms with Crippen LogP contribution in [0.4, 0.5) is 14.7 Å². The van der Waals surface area contributed by atoms with Gasteiger partial charge < -0.3 is 19.7 Å². The zero-order valence-corrected chi connectivity index (χ0v) is 15.2. The second kappa shape index (κ2) is 8.24. The third-order valence-corrected chi connectivity index (χ3v) is 5.50. The fraction of sp³-hybridized carbons (Fsp3) is 0.643. The van der Waals surface area contributed by atoms with Crippen LogP contribution in [0.5, 0.6) is 0 Å². The lowest BCUT2D eigenvalue weighted by molar-refractivity contribution is 0.0389. The van der Waals surface area contributed by atoms with Gasteiger partial charge in [0, 0.05) is 13.0 Å². The highest BCUT2D eigenvalue weighted by atomic mass is 31.2. The summed E-state index contributed by atoms with van der Waals surface area (Å²) in [4.78, 5) is 31.3. The molecular weight excluding hydrogens is 371 g/mol. The summed E-state index contributed by atoms with van der Waals surface area (Å²) in [6.45, 7) is 1.64. The Morgan fingerprint density at radius 1 is 1.38 bits per heavy atom. The lowest BCUT2D eigenvalue weighted by Crippen LogP contribution is -2.18. The topological polar surface area (TPSA) is 136 Å². The van der Waals surface area contributed by atoms with Crippen LogP contribution in [0.15, 0.2) is 11.1 Å². The molecule has 0 amide bonds. The van der Waals surface area contributed by atoms with Gasteiger partial charge in [0.2, 0.25) is 5.95 Å². The molecule has 1 atom stereocenters. The SMILES string of the molecule is CCOP(=O)(O)C(F)(F)CCCCCCn1cnc2c(=O)[nH]c(N)nc21. The van der Waals surface area contributed by atoms with E-state index in [9.17, 15) is 23.0 Å². The van der Waals surface area contributed by atoms with E-state index in [0.29, 0.717) is 31.5 Å². The summed E-state index contributed by atoms with van der Waals surface area (Å²) in [6.07, 6.45) is 2.60. The van der Waals surface area contributed by atoms with Gasteiger partial charge in [-0.05, 0) is 19.8 Å². The Labute approximate surface area is 148 Å². The minimum absolute atomic E-state index is 0.00536. The molecule has 26 heavy (non-hydrogen) atoms. The third kappa shape index (κ3) is 4.66. The lowest BCUT2D eigenvalue weighted by atomic mass is 10.1. The fourth-order valence-electron chi connectivity index (χ4n) is 2.52.